The van der Waals surface area contributed by atoms with Crippen LogP contribution in [0.2, 0.25) is 0 Å². The van der Waals surface area contributed by atoms with E-state index < -0.39 is 59.3 Å². The Morgan fingerprint density at radius 2 is 1.37 bits per heavy atom. The molecule has 8 nitrogen and oxygen atoms in total. The molecule has 0 aromatic heterocycles. The Kier molecular flexibility index (Phi) is 3.50. The molecule has 0 spiro atoms. The second-order valence-corrected chi connectivity index (χ2v) is 10.2. The van der Waals surface area contributed by atoms with Gasteiger partial charge in [0.05, 0.1) is 11.5 Å². The summed E-state index contributed by atoms with van der Waals surface area (Å²) in [5.41, 5.74) is 0. The van der Waals surface area contributed by atoms with E-state index in [4.69, 9.17) is 4.18 Å². The van der Waals surface area contributed by atoms with Crippen LogP contribution in [0.5, 0.6) is 0 Å². The van der Waals surface area contributed by atoms with Crippen LogP contribution in [0.25, 0.3) is 0 Å². The first-order valence-corrected chi connectivity index (χ1v) is 10.1. The molecule has 2 aliphatic rings. The summed E-state index contributed by atoms with van der Waals surface area (Å²) >= 11 is 0. The molecule has 2 rings (SSSR count). The van der Waals surface area contributed by atoms with Gasteiger partial charge in [-0.15, -0.1) is 3.63 Å². The predicted molar refractivity (Wildman–Crippen MR) is 64.6 cm³/mol. The topological polar surface area (TPSA) is 121 Å². The zero-order chi connectivity index (χ0) is 14.6. The van der Waals surface area contributed by atoms with Crippen LogP contribution >= 0.6 is 0 Å². The molecular weight excluding hydrogens is 320 g/mol. The summed E-state index contributed by atoms with van der Waals surface area (Å²) in [4.78, 5) is 0. The highest BCUT2D eigenvalue weighted by Gasteiger charge is 2.53. The minimum absolute atomic E-state index is 0.289. The molecule has 0 aliphatic carbocycles. The Hall–Kier alpha value is -0.230. The van der Waals surface area contributed by atoms with E-state index in [1.165, 1.54) is 6.92 Å². The monoisotopic (exact) mass is 334 g/mol. The highest BCUT2D eigenvalue weighted by Crippen LogP contribution is 2.36. The highest BCUT2D eigenvalue weighted by atomic mass is 32.3. The Bertz CT molecular complexity index is 674. The second kappa shape index (κ2) is 4.38. The van der Waals surface area contributed by atoms with E-state index in [2.05, 4.69) is 3.63 Å². The van der Waals surface area contributed by atoms with Gasteiger partial charge in [-0.2, -0.15) is 25.3 Å². The van der Waals surface area contributed by atoms with E-state index >= 15 is 0 Å². The maximum atomic E-state index is 11.9. The van der Waals surface area contributed by atoms with Gasteiger partial charge >= 0.3 is 0 Å². The Labute approximate surface area is 112 Å². The first kappa shape index (κ1) is 15.2. The molecule has 2 saturated heterocycles. The fourth-order valence-electron chi connectivity index (χ4n) is 2.51. The summed E-state index contributed by atoms with van der Waals surface area (Å²) in [6.07, 6.45) is -1.11. The Morgan fingerprint density at radius 3 is 1.79 bits per heavy atom. The fraction of sp³-hybridized carbons (Fsp3) is 1.00. The second-order valence-electron chi connectivity index (χ2n) is 4.99. The average molecular weight is 334 g/mol. The van der Waals surface area contributed by atoms with Crippen LogP contribution in [-0.2, 0) is 38.2 Å². The van der Waals surface area contributed by atoms with Crippen molar-refractivity contribution in [3.05, 3.63) is 0 Å². The van der Waals surface area contributed by atoms with Crippen LogP contribution in [0.15, 0.2) is 0 Å². The normalized spacial score (nSPS) is 43.9. The van der Waals surface area contributed by atoms with Gasteiger partial charge in [-0.05, 0) is 5.92 Å². The minimum atomic E-state index is -4.42. The number of rotatable bonds is 1. The van der Waals surface area contributed by atoms with Gasteiger partial charge in [0.1, 0.15) is 11.4 Å². The molecule has 4 unspecified atom stereocenters. The largest absolute Gasteiger partial charge is 0.287 e. The summed E-state index contributed by atoms with van der Waals surface area (Å²) in [6.45, 7) is 2.96. The summed E-state index contributed by atoms with van der Waals surface area (Å²) in [6, 6.07) is 0. The Morgan fingerprint density at radius 1 is 0.842 bits per heavy atom. The lowest BCUT2D eigenvalue weighted by Crippen LogP contribution is -2.49. The molecule has 2 fully saturated rings. The summed E-state index contributed by atoms with van der Waals surface area (Å²) in [5.74, 6) is -2.12. The SMILES string of the molecule is CC1CS(=O)(=O)OC1C1C(C)CS(=O)(=O)OS1(=O)=O. The van der Waals surface area contributed by atoms with Crippen LogP contribution < -0.4 is 0 Å². The summed E-state index contributed by atoms with van der Waals surface area (Å²) < 4.78 is 78.0. The quantitative estimate of drug-likeness (QED) is 0.562. The van der Waals surface area contributed by atoms with Gasteiger partial charge in [-0.25, -0.2) is 0 Å². The van der Waals surface area contributed by atoms with Crippen molar-refractivity contribution in [1.29, 1.82) is 0 Å². The van der Waals surface area contributed by atoms with E-state index in [1.54, 1.807) is 6.92 Å². The van der Waals surface area contributed by atoms with E-state index in [1.807, 2.05) is 0 Å². The summed E-state index contributed by atoms with van der Waals surface area (Å²) in [5, 5.41) is -1.30. The predicted octanol–water partition coefficient (Wildman–Crippen LogP) is -0.954. The third kappa shape index (κ3) is 2.94. The third-order valence-corrected chi connectivity index (χ3v) is 8.54. The first-order chi connectivity index (χ1) is 8.44. The molecule has 0 radical (unpaired) electrons. The number of hydrogen-bond donors (Lipinski definition) is 0. The standard InChI is InChI=1S/C8H14O8S3/c1-5-3-17(9,10)15-7(5)8-6(2)4-18(11,12)16-19(8,13)14/h5-8H,3-4H2,1-2H3. The summed E-state index contributed by atoms with van der Waals surface area (Å²) in [7, 11) is -12.3. The molecule has 0 saturated carbocycles. The van der Waals surface area contributed by atoms with Crippen LogP contribution in [0.4, 0.5) is 0 Å². The van der Waals surface area contributed by atoms with E-state index in [-0.39, 0.29) is 5.75 Å². The van der Waals surface area contributed by atoms with Crippen LogP contribution in [0, 0.1) is 11.8 Å². The average Bonchev–Trinajstić information content (AvgIpc) is 2.33. The lowest BCUT2D eigenvalue weighted by atomic mass is 9.96. The maximum absolute atomic E-state index is 11.9. The molecule has 0 aromatic rings. The van der Waals surface area contributed by atoms with E-state index in [0.29, 0.717) is 0 Å². The zero-order valence-corrected chi connectivity index (χ0v) is 12.7. The van der Waals surface area contributed by atoms with Gasteiger partial charge in [0.15, 0.2) is 0 Å². The molecule has 19 heavy (non-hydrogen) atoms. The lowest BCUT2D eigenvalue weighted by Gasteiger charge is -2.31. The van der Waals surface area contributed by atoms with Gasteiger partial charge in [0.2, 0.25) is 0 Å². The minimum Gasteiger partial charge on any atom is -0.265 e. The molecule has 0 aromatic carbocycles. The highest BCUT2D eigenvalue weighted by molar-refractivity contribution is 8.00. The molecule has 4 atom stereocenters. The van der Waals surface area contributed by atoms with Crippen molar-refractivity contribution in [1.82, 2.24) is 0 Å². The molecule has 2 heterocycles. The van der Waals surface area contributed by atoms with Gasteiger partial charge in [-0.3, -0.25) is 4.18 Å². The molecule has 0 N–H and O–H groups in total. The van der Waals surface area contributed by atoms with Crippen LogP contribution in [0.1, 0.15) is 13.8 Å². The van der Waals surface area contributed by atoms with Gasteiger partial charge in [0, 0.05) is 5.92 Å². The molecular formula is C8H14O8S3. The van der Waals surface area contributed by atoms with Crippen molar-refractivity contribution in [3.63, 3.8) is 0 Å². The van der Waals surface area contributed by atoms with Crippen molar-refractivity contribution >= 4 is 30.4 Å². The zero-order valence-electron chi connectivity index (χ0n) is 10.2. The van der Waals surface area contributed by atoms with Crippen molar-refractivity contribution in [2.45, 2.75) is 25.2 Å². The van der Waals surface area contributed by atoms with E-state index in [9.17, 15) is 25.3 Å². The van der Waals surface area contributed by atoms with Crippen molar-refractivity contribution in [3.8, 4) is 0 Å². The molecule has 11 heteroatoms. The molecule has 2 aliphatic heterocycles. The van der Waals surface area contributed by atoms with E-state index in [0.717, 1.165) is 0 Å². The molecule has 0 amide bonds. The van der Waals surface area contributed by atoms with Crippen LogP contribution in [-0.4, -0.2) is 48.1 Å². The third-order valence-electron chi connectivity index (χ3n) is 3.17. The first-order valence-electron chi connectivity index (χ1n) is 5.52. The molecule has 112 valence electrons. The number of hydrogen-bond acceptors (Lipinski definition) is 8. The van der Waals surface area contributed by atoms with Crippen molar-refractivity contribution in [2.75, 3.05) is 11.5 Å². The lowest BCUT2D eigenvalue weighted by molar-refractivity contribution is 0.165. The van der Waals surface area contributed by atoms with Crippen LogP contribution in [0.3, 0.4) is 0 Å². The van der Waals surface area contributed by atoms with Crippen molar-refractivity contribution < 1.29 is 33.1 Å². The molecule has 0 bridgehead atoms. The van der Waals surface area contributed by atoms with Gasteiger partial charge in [-0.1, -0.05) is 13.8 Å². The van der Waals surface area contributed by atoms with Gasteiger partial charge < -0.3 is 0 Å². The van der Waals surface area contributed by atoms with Gasteiger partial charge in [0.25, 0.3) is 30.4 Å². The van der Waals surface area contributed by atoms with Crippen molar-refractivity contribution in [2.24, 2.45) is 11.8 Å². The Balaban J connectivity index is 2.40. The maximum Gasteiger partial charge on any atom is 0.287 e. The fourth-order valence-corrected chi connectivity index (χ4v) is 8.17. The smallest absolute Gasteiger partial charge is 0.265 e.